The van der Waals surface area contributed by atoms with Gasteiger partial charge in [-0.25, -0.2) is 0 Å². The number of carbonyl (C=O) groups excluding carboxylic acids is 1. The Kier molecular flexibility index (Phi) is 6.67. The third-order valence-corrected chi connectivity index (χ3v) is 6.29. The SMILES string of the molecule is COc1ccc(-n2c(CCC(=O)N3CCC[C@H](C)C3)ccc2-c2ccc(Cl)cc2)cc1. The first-order valence-electron chi connectivity index (χ1n) is 10.9. The van der Waals surface area contributed by atoms with Crippen LogP contribution >= 0.6 is 11.6 Å². The Morgan fingerprint density at radius 2 is 1.81 bits per heavy atom. The van der Waals surface area contributed by atoms with Crippen LogP contribution in [-0.4, -0.2) is 35.6 Å². The molecule has 0 spiro atoms. The number of methoxy groups -OCH3 is 1. The van der Waals surface area contributed by atoms with Gasteiger partial charge in [0.1, 0.15) is 5.75 Å². The second-order valence-electron chi connectivity index (χ2n) is 8.34. The monoisotopic (exact) mass is 436 g/mol. The van der Waals surface area contributed by atoms with Crippen LogP contribution in [-0.2, 0) is 11.2 Å². The zero-order valence-electron chi connectivity index (χ0n) is 18.2. The van der Waals surface area contributed by atoms with E-state index in [1.54, 1.807) is 7.11 Å². The molecule has 0 radical (unpaired) electrons. The number of nitrogens with zero attached hydrogens (tertiary/aromatic N) is 2. The summed E-state index contributed by atoms with van der Waals surface area (Å²) in [6.45, 7) is 4.00. The number of rotatable bonds is 6. The highest BCUT2D eigenvalue weighted by molar-refractivity contribution is 6.30. The molecule has 1 aromatic heterocycles. The summed E-state index contributed by atoms with van der Waals surface area (Å²) in [6.07, 6.45) is 3.54. The molecular formula is C26H29ClN2O2. The molecule has 162 valence electrons. The van der Waals surface area contributed by atoms with E-state index < -0.39 is 0 Å². The van der Waals surface area contributed by atoms with Crippen molar-refractivity contribution in [2.75, 3.05) is 20.2 Å². The summed E-state index contributed by atoms with van der Waals surface area (Å²) in [5.74, 6) is 1.67. The molecule has 1 amide bonds. The Bertz CT molecular complexity index is 1020. The summed E-state index contributed by atoms with van der Waals surface area (Å²) in [5, 5.41) is 0.716. The second-order valence-corrected chi connectivity index (χ2v) is 8.77. The molecule has 2 heterocycles. The highest BCUT2D eigenvalue weighted by atomic mass is 35.5. The minimum Gasteiger partial charge on any atom is -0.497 e. The number of likely N-dealkylation sites (tertiary alicyclic amines) is 1. The number of ether oxygens (including phenoxy) is 1. The van der Waals surface area contributed by atoms with E-state index in [4.69, 9.17) is 16.3 Å². The van der Waals surface area contributed by atoms with Gasteiger partial charge in [-0.1, -0.05) is 30.7 Å². The molecule has 5 heteroatoms. The average molecular weight is 437 g/mol. The lowest BCUT2D eigenvalue weighted by Gasteiger charge is -2.31. The van der Waals surface area contributed by atoms with Gasteiger partial charge in [-0.3, -0.25) is 4.79 Å². The lowest BCUT2D eigenvalue weighted by Crippen LogP contribution is -2.39. The van der Waals surface area contributed by atoms with Crippen LogP contribution in [0.15, 0.2) is 60.7 Å². The van der Waals surface area contributed by atoms with Crippen molar-refractivity contribution >= 4 is 17.5 Å². The number of aromatic nitrogens is 1. The Hall–Kier alpha value is -2.72. The number of carbonyl (C=O) groups is 1. The van der Waals surface area contributed by atoms with E-state index in [9.17, 15) is 4.79 Å². The zero-order valence-corrected chi connectivity index (χ0v) is 18.9. The molecule has 1 aliphatic heterocycles. The maximum absolute atomic E-state index is 12.8. The predicted octanol–water partition coefficient (Wildman–Crippen LogP) is 6.00. The fourth-order valence-corrected chi connectivity index (χ4v) is 4.49. The van der Waals surface area contributed by atoms with Crippen molar-refractivity contribution in [2.24, 2.45) is 5.92 Å². The Morgan fingerprint density at radius 1 is 1.06 bits per heavy atom. The van der Waals surface area contributed by atoms with Crippen molar-refractivity contribution in [3.63, 3.8) is 0 Å². The third-order valence-electron chi connectivity index (χ3n) is 6.04. The molecule has 31 heavy (non-hydrogen) atoms. The molecular weight excluding hydrogens is 408 g/mol. The van der Waals surface area contributed by atoms with Gasteiger partial charge < -0.3 is 14.2 Å². The first-order chi connectivity index (χ1) is 15.0. The number of benzene rings is 2. The van der Waals surface area contributed by atoms with Crippen molar-refractivity contribution in [2.45, 2.75) is 32.6 Å². The lowest BCUT2D eigenvalue weighted by atomic mass is 10.00. The molecule has 0 unspecified atom stereocenters. The average Bonchev–Trinajstić information content (AvgIpc) is 3.22. The molecule has 0 bridgehead atoms. The standard InChI is InChI=1S/C26H29ClN2O2/c1-19-4-3-17-28(18-19)26(30)16-12-23-11-15-25(20-5-7-21(27)8-6-20)29(23)22-9-13-24(31-2)14-10-22/h5-11,13-15,19H,3-4,12,16-18H2,1-2H3/t19-/m0/s1. The van der Waals surface area contributed by atoms with E-state index in [-0.39, 0.29) is 5.91 Å². The van der Waals surface area contributed by atoms with Crippen LogP contribution in [0.25, 0.3) is 16.9 Å². The summed E-state index contributed by atoms with van der Waals surface area (Å²) in [4.78, 5) is 14.9. The van der Waals surface area contributed by atoms with Gasteiger partial charge in [0.15, 0.2) is 0 Å². The minimum atomic E-state index is 0.252. The van der Waals surface area contributed by atoms with Gasteiger partial charge in [0.25, 0.3) is 0 Å². The van der Waals surface area contributed by atoms with E-state index in [1.807, 2.05) is 41.3 Å². The lowest BCUT2D eigenvalue weighted by molar-refractivity contribution is -0.132. The molecule has 3 aromatic rings. The normalized spacial score (nSPS) is 16.4. The molecule has 0 saturated carbocycles. The number of hydrogen-bond donors (Lipinski definition) is 0. The minimum absolute atomic E-state index is 0.252. The van der Waals surface area contributed by atoms with Gasteiger partial charge in [-0.15, -0.1) is 0 Å². The number of piperidine rings is 1. The van der Waals surface area contributed by atoms with E-state index in [0.717, 1.165) is 47.9 Å². The number of amides is 1. The van der Waals surface area contributed by atoms with Crippen LogP contribution < -0.4 is 4.74 Å². The van der Waals surface area contributed by atoms with Gasteiger partial charge in [0, 0.05) is 35.9 Å². The van der Waals surface area contributed by atoms with Crippen molar-refractivity contribution in [3.05, 3.63) is 71.4 Å². The van der Waals surface area contributed by atoms with E-state index in [0.29, 0.717) is 23.8 Å². The van der Waals surface area contributed by atoms with Crippen molar-refractivity contribution < 1.29 is 9.53 Å². The quantitative estimate of drug-likeness (QED) is 0.475. The molecule has 1 saturated heterocycles. The van der Waals surface area contributed by atoms with Crippen LogP contribution in [0.5, 0.6) is 5.75 Å². The van der Waals surface area contributed by atoms with Gasteiger partial charge >= 0.3 is 0 Å². The molecule has 0 N–H and O–H groups in total. The predicted molar refractivity (Wildman–Crippen MR) is 126 cm³/mol. The summed E-state index contributed by atoms with van der Waals surface area (Å²) >= 11 is 6.10. The molecule has 1 atom stereocenters. The summed E-state index contributed by atoms with van der Waals surface area (Å²) in [7, 11) is 1.67. The summed E-state index contributed by atoms with van der Waals surface area (Å²) in [5.41, 5.74) is 4.33. The Balaban J connectivity index is 1.62. The molecule has 4 rings (SSSR count). The van der Waals surface area contributed by atoms with Gasteiger partial charge in [0.05, 0.1) is 12.8 Å². The molecule has 0 aliphatic carbocycles. The maximum Gasteiger partial charge on any atom is 0.222 e. The molecule has 1 aliphatic rings. The van der Waals surface area contributed by atoms with E-state index in [2.05, 4.69) is 35.8 Å². The van der Waals surface area contributed by atoms with Crippen LogP contribution in [0, 0.1) is 5.92 Å². The fraction of sp³-hybridized carbons (Fsp3) is 0.346. The third kappa shape index (κ3) is 4.96. The largest absolute Gasteiger partial charge is 0.497 e. The van der Waals surface area contributed by atoms with Crippen molar-refractivity contribution in [1.82, 2.24) is 9.47 Å². The highest BCUT2D eigenvalue weighted by Gasteiger charge is 2.21. The van der Waals surface area contributed by atoms with E-state index in [1.165, 1.54) is 6.42 Å². The topological polar surface area (TPSA) is 34.5 Å². The van der Waals surface area contributed by atoms with Crippen LogP contribution in [0.2, 0.25) is 5.02 Å². The smallest absolute Gasteiger partial charge is 0.222 e. The van der Waals surface area contributed by atoms with Gasteiger partial charge in [0.2, 0.25) is 5.91 Å². The van der Waals surface area contributed by atoms with Gasteiger partial charge in [-0.2, -0.15) is 0 Å². The fourth-order valence-electron chi connectivity index (χ4n) is 4.37. The summed E-state index contributed by atoms with van der Waals surface area (Å²) in [6, 6.07) is 20.1. The Labute approximate surface area is 189 Å². The first kappa shape index (κ1) is 21.5. The second kappa shape index (κ2) is 9.61. The van der Waals surface area contributed by atoms with Crippen LogP contribution in [0.3, 0.4) is 0 Å². The number of halogens is 1. The highest BCUT2D eigenvalue weighted by Crippen LogP contribution is 2.29. The maximum atomic E-state index is 12.8. The van der Waals surface area contributed by atoms with Crippen molar-refractivity contribution in [1.29, 1.82) is 0 Å². The number of hydrogen-bond acceptors (Lipinski definition) is 2. The molecule has 4 nitrogen and oxygen atoms in total. The van der Waals surface area contributed by atoms with Crippen LogP contribution in [0.1, 0.15) is 31.9 Å². The molecule has 1 fully saturated rings. The van der Waals surface area contributed by atoms with Gasteiger partial charge in [-0.05, 0) is 79.3 Å². The van der Waals surface area contributed by atoms with Crippen LogP contribution in [0.4, 0.5) is 0 Å². The van der Waals surface area contributed by atoms with E-state index >= 15 is 0 Å². The summed E-state index contributed by atoms with van der Waals surface area (Å²) < 4.78 is 7.56. The zero-order chi connectivity index (χ0) is 21.8. The molecule has 2 aromatic carbocycles. The number of aryl methyl sites for hydroxylation is 1. The Morgan fingerprint density at radius 3 is 2.48 bits per heavy atom. The van der Waals surface area contributed by atoms with Crippen molar-refractivity contribution in [3.8, 4) is 22.7 Å². The first-order valence-corrected chi connectivity index (χ1v) is 11.3.